The lowest BCUT2D eigenvalue weighted by Gasteiger charge is -2.24. The summed E-state index contributed by atoms with van der Waals surface area (Å²) >= 11 is 0. The maximum Gasteiger partial charge on any atom is 0.328 e. The van der Waals surface area contributed by atoms with E-state index in [2.05, 4.69) is 4.98 Å². The van der Waals surface area contributed by atoms with E-state index >= 15 is 0 Å². The minimum absolute atomic E-state index is 0.123. The maximum atomic E-state index is 15.0. The third kappa shape index (κ3) is 4.66. The zero-order valence-electron chi connectivity index (χ0n) is 16.4. The van der Waals surface area contributed by atoms with Crippen molar-refractivity contribution in [2.45, 2.75) is 63.4 Å². The van der Waals surface area contributed by atoms with Crippen LogP contribution in [0.25, 0.3) is 11.1 Å². The fraction of sp³-hybridized carbons (Fsp3) is 0.417. The van der Waals surface area contributed by atoms with Crippen molar-refractivity contribution >= 4 is 5.97 Å². The number of pyridine rings is 1. The normalized spacial score (nSPS) is 19.9. The number of rotatable bonds is 5. The molecule has 0 atom stereocenters. The van der Waals surface area contributed by atoms with Crippen molar-refractivity contribution in [3.8, 4) is 17.0 Å². The first-order chi connectivity index (χ1) is 14.1. The number of nitrogens with zero attached hydrogens (tertiary/aromatic N) is 1. The largest absolute Gasteiger partial charge is 0.478 e. The van der Waals surface area contributed by atoms with Crippen molar-refractivity contribution in [3.63, 3.8) is 0 Å². The molecule has 1 aromatic carbocycles. The molecule has 0 unspecified atom stereocenters. The van der Waals surface area contributed by atoms with Crippen LogP contribution in [-0.4, -0.2) is 22.2 Å². The first kappa shape index (κ1) is 19.6. The molecule has 4 rings (SSSR count). The van der Waals surface area contributed by atoms with Gasteiger partial charge in [0.15, 0.2) is 0 Å². The molecule has 0 bridgehead atoms. The number of hydrogen-bond donors (Lipinski definition) is 1. The fourth-order valence-electron chi connectivity index (χ4n) is 4.51. The van der Waals surface area contributed by atoms with Gasteiger partial charge in [-0.25, -0.2) is 14.2 Å². The highest BCUT2D eigenvalue weighted by Gasteiger charge is 2.23. The highest BCUT2D eigenvalue weighted by Crippen LogP contribution is 2.38. The Labute approximate surface area is 170 Å². The predicted octanol–water partition coefficient (Wildman–Crippen LogP) is 5.88. The first-order valence-electron chi connectivity index (χ1n) is 10.4. The summed E-state index contributed by atoms with van der Waals surface area (Å²) in [5.74, 6) is -0.416. The van der Waals surface area contributed by atoms with Crippen molar-refractivity contribution in [2.24, 2.45) is 0 Å². The molecule has 0 radical (unpaired) electrons. The standard InChI is InChI=1S/C24H26FNO3/c25-22-15-18(21-6-3-13-26-24(21)29-19-4-1-2-5-19)11-12-20(22)17-9-7-16(8-10-17)14-23(27)28/h3,6,11-15,17,19H,1-2,4-5,7-10H2,(H,27,28). The third-order valence-corrected chi connectivity index (χ3v) is 6.06. The van der Waals surface area contributed by atoms with Crippen molar-refractivity contribution in [1.29, 1.82) is 0 Å². The minimum Gasteiger partial charge on any atom is -0.478 e. The van der Waals surface area contributed by atoms with Crippen LogP contribution in [0.3, 0.4) is 0 Å². The maximum absolute atomic E-state index is 15.0. The molecule has 2 aliphatic rings. The number of benzene rings is 1. The van der Waals surface area contributed by atoms with Gasteiger partial charge in [0, 0.05) is 17.8 Å². The van der Waals surface area contributed by atoms with Crippen molar-refractivity contribution < 1.29 is 19.0 Å². The Balaban J connectivity index is 1.52. The quantitative estimate of drug-likeness (QED) is 0.643. The van der Waals surface area contributed by atoms with E-state index in [1.807, 2.05) is 24.3 Å². The van der Waals surface area contributed by atoms with Crippen molar-refractivity contribution in [2.75, 3.05) is 0 Å². The van der Waals surface area contributed by atoms with Gasteiger partial charge in [0.1, 0.15) is 11.9 Å². The molecule has 1 heterocycles. The van der Waals surface area contributed by atoms with E-state index in [0.717, 1.165) is 42.4 Å². The molecule has 152 valence electrons. The summed E-state index contributed by atoms with van der Waals surface area (Å²) in [5, 5.41) is 8.89. The summed E-state index contributed by atoms with van der Waals surface area (Å²) in [5.41, 5.74) is 3.25. The lowest BCUT2D eigenvalue weighted by molar-refractivity contribution is -0.131. The number of carboxylic acid groups (broad SMARTS) is 1. The van der Waals surface area contributed by atoms with Gasteiger partial charge < -0.3 is 9.84 Å². The van der Waals surface area contributed by atoms with Gasteiger partial charge in [-0.3, -0.25) is 0 Å². The molecule has 2 aliphatic carbocycles. The van der Waals surface area contributed by atoms with Crippen LogP contribution in [0.15, 0.2) is 48.2 Å². The molecule has 2 saturated carbocycles. The van der Waals surface area contributed by atoms with Gasteiger partial charge in [-0.05, 0) is 86.6 Å². The fourth-order valence-corrected chi connectivity index (χ4v) is 4.51. The van der Waals surface area contributed by atoms with Crippen LogP contribution in [0.1, 0.15) is 62.8 Å². The summed E-state index contributed by atoms with van der Waals surface area (Å²) in [6, 6.07) is 9.17. The summed E-state index contributed by atoms with van der Waals surface area (Å²) in [6.45, 7) is 0. The second-order valence-electron chi connectivity index (χ2n) is 8.03. The number of carboxylic acids is 1. The lowest BCUT2D eigenvalue weighted by atomic mass is 9.81. The molecule has 5 heteroatoms. The molecule has 0 amide bonds. The number of carbonyl (C=O) groups is 1. The van der Waals surface area contributed by atoms with E-state index in [1.54, 1.807) is 12.3 Å². The van der Waals surface area contributed by atoms with Crippen LogP contribution in [-0.2, 0) is 4.79 Å². The predicted molar refractivity (Wildman–Crippen MR) is 109 cm³/mol. The second-order valence-corrected chi connectivity index (χ2v) is 8.03. The van der Waals surface area contributed by atoms with E-state index < -0.39 is 5.97 Å². The minimum atomic E-state index is -0.902. The number of hydrogen-bond acceptors (Lipinski definition) is 3. The second kappa shape index (κ2) is 8.76. The van der Waals surface area contributed by atoms with E-state index in [1.165, 1.54) is 18.9 Å². The smallest absolute Gasteiger partial charge is 0.328 e. The Kier molecular flexibility index (Phi) is 5.93. The van der Waals surface area contributed by atoms with Crippen LogP contribution in [0.5, 0.6) is 5.88 Å². The van der Waals surface area contributed by atoms with Gasteiger partial charge in [0.2, 0.25) is 5.88 Å². The van der Waals surface area contributed by atoms with E-state index in [-0.39, 0.29) is 17.8 Å². The molecule has 0 spiro atoms. The average molecular weight is 395 g/mol. The topological polar surface area (TPSA) is 59.4 Å². The van der Waals surface area contributed by atoms with Gasteiger partial charge in [-0.15, -0.1) is 0 Å². The Bertz CT molecular complexity index is 908. The third-order valence-electron chi connectivity index (χ3n) is 6.06. The zero-order valence-corrected chi connectivity index (χ0v) is 16.4. The lowest BCUT2D eigenvalue weighted by Crippen LogP contribution is -2.12. The molecule has 1 aromatic heterocycles. The van der Waals surface area contributed by atoms with Gasteiger partial charge in [-0.1, -0.05) is 17.7 Å². The summed E-state index contributed by atoms with van der Waals surface area (Å²) < 4.78 is 21.1. The number of ether oxygens (including phenoxy) is 1. The van der Waals surface area contributed by atoms with Crippen LogP contribution in [0.2, 0.25) is 0 Å². The molecule has 2 aromatic rings. The Hall–Kier alpha value is -2.69. The van der Waals surface area contributed by atoms with E-state index in [9.17, 15) is 9.18 Å². The van der Waals surface area contributed by atoms with Gasteiger partial charge in [-0.2, -0.15) is 0 Å². The Morgan fingerprint density at radius 2 is 1.90 bits per heavy atom. The molecule has 0 saturated heterocycles. The zero-order chi connectivity index (χ0) is 20.2. The van der Waals surface area contributed by atoms with Gasteiger partial charge in [0.25, 0.3) is 0 Å². The summed E-state index contributed by atoms with van der Waals surface area (Å²) in [7, 11) is 0. The van der Waals surface area contributed by atoms with E-state index in [4.69, 9.17) is 9.84 Å². The molecular formula is C24H26FNO3. The SMILES string of the molecule is O=C(O)C=C1CCC(c2ccc(-c3cccnc3OC3CCCC3)cc2F)CC1. The van der Waals surface area contributed by atoms with Crippen LogP contribution >= 0.6 is 0 Å². The number of allylic oxidation sites excluding steroid dienone is 1. The Morgan fingerprint density at radius 1 is 1.14 bits per heavy atom. The highest BCUT2D eigenvalue weighted by molar-refractivity contribution is 5.80. The Morgan fingerprint density at radius 3 is 2.59 bits per heavy atom. The van der Waals surface area contributed by atoms with Crippen LogP contribution in [0.4, 0.5) is 4.39 Å². The first-order valence-corrected chi connectivity index (χ1v) is 10.4. The molecular weight excluding hydrogens is 369 g/mol. The number of aromatic nitrogens is 1. The van der Waals surface area contributed by atoms with Gasteiger partial charge >= 0.3 is 5.97 Å². The summed E-state index contributed by atoms with van der Waals surface area (Å²) in [6.07, 6.45) is 10.6. The number of halogens is 1. The molecule has 4 nitrogen and oxygen atoms in total. The molecule has 1 N–H and O–H groups in total. The number of aliphatic carboxylic acids is 1. The van der Waals surface area contributed by atoms with Crippen LogP contribution in [0, 0.1) is 5.82 Å². The van der Waals surface area contributed by atoms with Crippen molar-refractivity contribution in [3.05, 3.63) is 59.6 Å². The molecule has 0 aliphatic heterocycles. The van der Waals surface area contributed by atoms with Gasteiger partial charge in [0.05, 0.1) is 0 Å². The monoisotopic (exact) mass is 395 g/mol. The van der Waals surface area contributed by atoms with E-state index in [0.29, 0.717) is 24.3 Å². The highest BCUT2D eigenvalue weighted by atomic mass is 19.1. The van der Waals surface area contributed by atoms with Crippen LogP contribution < -0.4 is 4.74 Å². The molecule has 2 fully saturated rings. The molecule has 29 heavy (non-hydrogen) atoms. The average Bonchev–Trinajstić information content (AvgIpc) is 3.22. The summed E-state index contributed by atoms with van der Waals surface area (Å²) in [4.78, 5) is 15.2. The van der Waals surface area contributed by atoms with Crippen molar-refractivity contribution in [1.82, 2.24) is 4.98 Å².